The molecule has 0 amide bonds. The molecule has 0 radical (unpaired) electrons. The van der Waals surface area contributed by atoms with Crippen LogP contribution >= 0.6 is 0 Å². The van der Waals surface area contributed by atoms with Gasteiger partial charge in [-0.3, -0.25) is 0 Å². The molecule has 134 valence electrons. The Morgan fingerprint density at radius 2 is 1.65 bits per heavy atom. The molecule has 0 atom stereocenters. The number of nitrogens with zero attached hydrogens (tertiary/aromatic N) is 3. The average molecular weight is 346 g/mol. The smallest absolute Gasteiger partial charge is 0.136 e. The van der Waals surface area contributed by atoms with Gasteiger partial charge >= 0.3 is 0 Å². The minimum atomic E-state index is 0.446. The summed E-state index contributed by atoms with van der Waals surface area (Å²) in [6.07, 6.45) is 0. The Kier molecular flexibility index (Phi) is 5.52. The van der Waals surface area contributed by atoms with Crippen molar-refractivity contribution in [2.24, 2.45) is 0 Å². The van der Waals surface area contributed by atoms with Crippen LogP contribution in [0.15, 0.2) is 60.7 Å². The second-order valence-electron chi connectivity index (χ2n) is 6.87. The Morgan fingerprint density at radius 1 is 0.962 bits per heavy atom. The number of para-hydroxylation sites is 1. The van der Waals surface area contributed by atoms with E-state index in [1.54, 1.807) is 0 Å². The van der Waals surface area contributed by atoms with Crippen LogP contribution in [0.4, 0.5) is 17.3 Å². The SMILES string of the molecule is Cc1nc(Nc2ccccc2C(C)C)cc(N(C)Cc2ccccc2)n1. The number of rotatable bonds is 6. The van der Waals surface area contributed by atoms with Crippen LogP contribution in [-0.4, -0.2) is 17.0 Å². The summed E-state index contributed by atoms with van der Waals surface area (Å²) >= 11 is 0. The molecule has 0 bridgehead atoms. The zero-order chi connectivity index (χ0) is 18.5. The lowest BCUT2D eigenvalue weighted by atomic mass is 10.0. The summed E-state index contributed by atoms with van der Waals surface area (Å²) in [6, 6.07) is 20.8. The lowest BCUT2D eigenvalue weighted by Gasteiger charge is -2.20. The van der Waals surface area contributed by atoms with E-state index in [9.17, 15) is 0 Å². The average Bonchev–Trinajstić information content (AvgIpc) is 2.62. The molecule has 0 aliphatic heterocycles. The van der Waals surface area contributed by atoms with E-state index >= 15 is 0 Å². The fraction of sp³-hybridized carbons (Fsp3) is 0.273. The number of aryl methyl sites for hydroxylation is 1. The van der Waals surface area contributed by atoms with Crippen LogP contribution in [0.25, 0.3) is 0 Å². The van der Waals surface area contributed by atoms with Crippen LogP contribution < -0.4 is 10.2 Å². The fourth-order valence-electron chi connectivity index (χ4n) is 3.00. The summed E-state index contributed by atoms with van der Waals surface area (Å²) in [7, 11) is 2.06. The monoisotopic (exact) mass is 346 g/mol. The van der Waals surface area contributed by atoms with Crippen molar-refractivity contribution in [3.63, 3.8) is 0 Å². The third kappa shape index (κ3) is 4.39. The zero-order valence-electron chi connectivity index (χ0n) is 15.9. The standard InChI is InChI=1S/C22H26N4/c1-16(2)19-12-8-9-13-20(19)25-21-14-22(24-17(3)23-21)26(4)15-18-10-6-5-7-11-18/h5-14,16H,15H2,1-4H3,(H,23,24,25). The van der Waals surface area contributed by atoms with Crippen molar-refractivity contribution in [3.05, 3.63) is 77.6 Å². The Morgan fingerprint density at radius 3 is 2.38 bits per heavy atom. The second kappa shape index (κ2) is 8.00. The van der Waals surface area contributed by atoms with Gasteiger partial charge in [0.2, 0.25) is 0 Å². The molecule has 2 aromatic carbocycles. The number of anilines is 3. The Balaban J connectivity index is 1.84. The molecule has 0 saturated heterocycles. The molecule has 0 fully saturated rings. The third-order valence-corrected chi connectivity index (χ3v) is 4.32. The minimum absolute atomic E-state index is 0.446. The number of hydrogen-bond acceptors (Lipinski definition) is 4. The summed E-state index contributed by atoms with van der Waals surface area (Å²) in [5, 5.41) is 3.48. The maximum Gasteiger partial charge on any atom is 0.136 e. The van der Waals surface area contributed by atoms with E-state index in [0.29, 0.717) is 5.92 Å². The highest BCUT2D eigenvalue weighted by Crippen LogP contribution is 2.27. The first-order valence-corrected chi connectivity index (χ1v) is 8.99. The number of benzene rings is 2. The van der Waals surface area contributed by atoms with Crippen LogP contribution in [0.3, 0.4) is 0 Å². The van der Waals surface area contributed by atoms with Gasteiger partial charge in [-0.15, -0.1) is 0 Å². The number of hydrogen-bond donors (Lipinski definition) is 1. The highest BCUT2D eigenvalue weighted by molar-refractivity contribution is 5.63. The van der Waals surface area contributed by atoms with Crippen molar-refractivity contribution < 1.29 is 0 Å². The summed E-state index contributed by atoms with van der Waals surface area (Å²) in [5.41, 5.74) is 3.63. The first-order valence-electron chi connectivity index (χ1n) is 8.99. The molecule has 1 aromatic heterocycles. The summed E-state index contributed by atoms with van der Waals surface area (Å²) < 4.78 is 0. The van der Waals surface area contributed by atoms with Gasteiger partial charge in [-0.25, -0.2) is 9.97 Å². The summed E-state index contributed by atoms with van der Waals surface area (Å²) in [6.45, 7) is 7.13. The van der Waals surface area contributed by atoms with E-state index in [4.69, 9.17) is 0 Å². The fourth-order valence-corrected chi connectivity index (χ4v) is 3.00. The molecule has 4 nitrogen and oxygen atoms in total. The highest BCUT2D eigenvalue weighted by Gasteiger charge is 2.10. The van der Waals surface area contributed by atoms with E-state index in [1.165, 1.54) is 11.1 Å². The molecule has 0 aliphatic carbocycles. The molecule has 0 unspecified atom stereocenters. The maximum absolute atomic E-state index is 4.60. The third-order valence-electron chi connectivity index (χ3n) is 4.32. The normalized spacial score (nSPS) is 10.8. The molecule has 0 saturated carbocycles. The molecule has 4 heteroatoms. The van der Waals surface area contributed by atoms with Gasteiger partial charge in [0.25, 0.3) is 0 Å². The van der Waals surface area contributed by atoms with Gasteiger partial charge in [-0.05, 0) is 30.0 Å². The van der Waals surface area contributed by atoms with Crippen molar-refractivity contribution in [3.8, 4) is 0 Å². The molecular formula is C22H26N4. The van der Waals surface area contributed by atoms with E-state index in [0.717, 1.165) is 29.7 Å². The Hall–Kier alpha value is -2.88. The summed E-state index contributed by atoms with van der Waals surface area (Å²) in [5.74, 6) is 2.93. The van der Waals surface area contributed by atoms with E-state index in [2.05, 4.69) is 83.5 Å². The lowest BCUT2D eigenvalue weighted by molar-refractivity contribution is 0.867. The van der Waals surface area contributed by atoms with Crippen LogP contribution in [0, 0.1) is 6.92 Å². The Bertz CT molecular complexity index is 859. The largest absolute Gasteiger partial charge is 0.355 e. The van der Waals surface area contributed by atoms with Crippen molar-refractivity contribution in [1.29, 1.82) is 0 Å². The van der Waals surface area contributed by atoms with E-state index in [1.807, 2.05) is 25.1 Å². The first kappa shape index (κ1) is 17.9. The summed E-state index contributed by atoms with van der Waals surface area (Å²) in [4.78, 5) is 11.3. The number of nitrogens with one attached hydrogen (secondary N) is 1. The van der Waals surface area contributed by atoms with Gasteiger partial charge in [-0.1, -0.05) is 62.4 Å². The van der Waals surface area contributed by atoms with Crippen molar-refractivity contribution in [2.75, 3.05) is 17.3 Å². The van der Waals surface area contributed by atoms with E-state index < -0.39 is 0 Å². The maximum atomic E-state index is 4.60. The second-order valence-corrected chi connectivity index (χ2v) is 6.87. The molecule has 1 N–H and O–H groups in total. The quantitative estimate of drug-likeness (QED) is 0.658. The predicted molar refractivity (Wildman–Crippen MR) is 109 cm³/mol. The molecular weight excluding hydrogens is 320 g/mol. The van der Waals surface area contributed by atoms with Crippen molar-refractivity contribution in [2.45, 2.75) is 33.2 Å². The molecule has 0 aliphatic rings. The first-order chi connectivity index (χ1) is 12.5. The molecule has 0 spiro atoms. The Labute approximate surface area is 155 Å². The van der Waals surface area contributed by atoms with Crippen LogP contribution in [0.5, 0.6) is 0 Å². The molecule has 3 rings (SSSR count). The van der Waals surface area contributed by atoms with E-state index in [-0.39, 0.29) is 0 Å². The van der Waals surface area contributed by atoms with Gasteiger partial charge in [0, 0.05) is 25.3 Å². The van der Waals surface area contributed by atoms with Crippen LogP contribution in [0.2, 0.25) is 0 Å². The van der Waals surface area contributed by atoms with Gasteiger partial charge in [0.05, 0.1) is 0 Å². The highest BCUT2D eigenvalue weighted by atomic mass is 15.2. The van der Waals surface area contributed by atoms with Gasteiger partial charge in [0.1, 0.15) is 17.5 Å². The van der Waals surface area contributed by atoms with Crippen LogP contribution in [-0.2, 0) is 6.54 Å². The lowest BCUT2D eigenvalue weighted by Crippen LogP contribution is -2.18. The molecule has 26 heavy (non-hydrogen) atoms. The van der Waals surface area contributed by atoms with Crippen molar-refractivity contribution in [1.82, 2.24) is 9.97 Å². The van der Waals surface area contributed by atoms with Gasteiger partial charge in [-0.2, -0.15) is 0 Å². The molecule has 1 heterocycles. The van der Waals surface area contributed by atoms with Gasteiger partial charge < -0.3 is 10.2 Å². The minimum Gasteiger partial charge on any atom is -0.355 e. The van der Waals surface area contributed by atoms with Crippen LogP contribution in [0.1, 0.15) is 36.7 Å². The topological polar surface area (TPSA) is 41.1 Å². The van der Waals surface area contributed by atoms with Crippen molar-refractivity contribution >= 4 is 17.3 Å². The van der Waals surface area contributed by atoms with Gasteiger partial charge in [0.15, 0.2) is 0 Å². The zero-order valence-corrected chi connectivity index (χ0v) is 15.9. The number of aromatic nitrogens is 2. The molecule has 3 aromatic rings. The predicted octanol–water partition coefficient (Wildman–Crippen LogP) is 5.29.